The zero-order valence-corrected chi connectivity index (χ0v) is 14.7. The molecule has 2 N–H and O–H groups in total. The zero-order valence-electron chi connectivity index (χ0n) is 13.1. The number of pyridine rings is 1. The second kappa shape index (κ2) is 7.44. The molecule has 0 aliphatic carbocycles. The predicted molar refractivity (Wildman–Crippen MR) is 98.5 cm³/mol. The normalized spacial score (nSPS) is 11.9. The molecule has 0 bridgehead atoms. The molecule has 2 aromatic carbocycles. The van der Waals surface area contributed by atoms with E-state index in [1.165, 1.54) is 0 Å². The second-order valence-electron chi connectivity index (χ2n) is 5.58. The molecule has 5 nitrogen and oxygen atoms in total. The van der Waals surface area contributed by atoms with Gasteiger partial charge in [-0.1, -0.05) is 36.4 Å². The molecule has 1 aromatic heterocycles. The minimum atomic E-state index is -1.09. The van der Waals surface area contributed by atoms with Crippen LogP contribution in [-0.4, -0.2) is 28.0 Å². The van der Waals surface area contributed by atoms with Crippen molar-refractivity contribution < 1.29 is 14.7 Å². The number of carbonyl (C=O) groups excluding carboxylic acids is 1. The van der Waals surface area contributed by atoms with Crippen LogP contribution in [0.4, 0.5) is 0 Å². The highest BCUT2D eigenvalue weighted by Gasteiger charge is 2.22. The molecule has 0 fully saturated rings. The Kier molecular flexibility index (Phi) is 5.09. The lowest BCUT2D eigenvalue weighted by molar-refractivity contribution is -0.139. The Morgan fingerprint density at radius 3 is 2.56 bits per heavy atom. The number of rotatable bonds is 5. The number of nitrogens with zero attached hydrogens (tertiary/aromatic N) is 1. The summed E-state index contributed by atoms with van der Waals surface area (Å²) >= 11 is 3.30. The van der Waals surface area contributed by atoms with Gasteiger partial charge >= 0.3 is 5.97 Å². The van der Waals surface area contributed by atoms with Gasteiger partial charge in [-0.2, -0.15) is 0 Å². The third kappa shape index (κ3) is 4.03. The van der Waals surface area contributed by atoms with E-state index in [4.69, 9.17) is 0 Å². The van der Waals surface area contributed by atoms with Crippen LogP contribution in [0.1, 0.15) is 15.9 Å². The van der Waals surface area contributed by atoms with Gasteiger partial charge in [0.05, 0.1) is 0 Å². The third-order valence-electron chi connectivity index (χ3n) is 3.88. The van der Waals surface area contributed by atoms with Gasteiger partial charge < -0.3 is 10.4 Å². The number of hydrogen-bond acceptors (Lipinski definition) is 3. The van der Waals surface area contributed by atoms with Crippen LogP contribution in [0, 0.1) is 0 Å². The molecule has 1 heterocycles. The molecular weight excluding hydrogens is 384 g/mol. The molecule has 0 aliphatic heterocycles. The van der Waals surface area contributed by atoms with Gasteiger partial charge in [0.15, 0.2) is 0 Å². The van der Waals surface area contributed by atoms with Crippen molar-refractivity contribution in [3.05, 3.63) is 76.5 Å². The number of hydrogen-bond donors (Lipinski definition) is 2. The summed E-state index contributed by atoms with van der Waals surface area (Å²) in [6.07, 6.45) is 1.75. The van der Waals surface area contributed by atoms with Gasteiger partial charge in [0.25, 0.3) is 5.91 Å². The third-order valence-corrected chi connectivity index (χ3v) is 4.59. The van der Waals surface area contributed by atoms with E-state index < -0.39 is 17.9 Å². The number of carboxylic acids is 1. The van der Waals surface area contributed by atoms with Crippen LogP contribution in [0.2, 0.25) is 0 Å². The van der Waals surface area contributed by atoms with Gasteiger partial charge in [-0.3, -0.25) is 4.79 Å². The largest absolute Gasteiger partial charge is 0.480 e. The maximum absolute atomic E-state index is 12.5. The predicted octanol–water partition coefficient (Wildman–Crippen LogP) is 3.42. The monoisotopic (exact) mass is 398 g/mol. The summed E-state index contributed by atoms with van der Waals surface area (Å²) in [7, 11) is 0. The van der Waals surface area contributed by atoms with Crippen molar-refractivity contribution in [3.8, 4) is 0 Å². The summed E-state index contributed by atoms with van der Waals surface area (Å²) in [6, 6.07) is 15.4. The number of fused-ring (bicyclic) bond motifs is 1. The average molecular weight is 399 g/mol. The molecule has 0 saturated carbocycles. The van der Waals surface area contributed by atoms with Crippen LogP contribution in [0.15, 0.2) is 65.4 Å². The van der Waals surface area contributed by atoms with Gasteiger partial charge in [-0.25, -0.2) is 9.78 Å². The Balaban J connectivity index is 1.80. The average Bonchev–Trinajstić information content (AvgIpc) is 2.62. The molecule has 3 rings (SSSR count). The summed E-state index contributed by atoms with van der Waals surface area (Å²) in [5.74, 6) is -1.51. The van der Waals surface area contributed by atoms with Gasteiger partial charge in [-0.05, 0) is 50.5 Å². The zero-order chi connectivity index (χ0) is 17.8. The Morgan fingerprint density at radius 1 is 1.08 bits per heavy atom. The Morgan fingerprint density at radius 2 is 1.84 bits per heavy atom. The van der Waals surface area contributed by atoms with Crippen molar-refractivity contribution in [2.24, 2.45) is 0 Å². The first-order chi connectivity index (χ1) is 12.0. The maximum atomic E-state index is 12.5. The van der Waals surface area contributed by atoms with E-state index in [-0.39, 0.29) is 6.42 Å². The molecular formula is C19H15BrN2O3. The topological polar surface area (TPSA) is 79.3 Å². The number of halogens is 1. The smallest absolute Gasteiger partial charge is 0.326 e. The number of carboxylic acid groups (broad SMARTS) is 1. The van der Waals surface area contributed by atoms with E-state index >= 15 is 0 Å². The fraction of sp³-hybridized carbons (Fsp3) is 0.105. The van der Waals surface area contributed by atoms with Crippen molar-refractivity contribution in [1.29, 1.82) is 0 Å². The Hall–Kier alpha value is -2.73. The highest BCUT2D eigenvalue weighted by Crippen LogP contribution is 2.17. The minimum absolute atomic E-state index is 0.142. The van der Waals surface area contributed by atoms with Crippen LogP contribution in [-0.2, 0) is 11.2 Å². The van der Waals surface area contributed by atoms with E-state index in [2.05, 4.69) is 26.2 Å². The molecule has 6 heteroatoms. The lowest BCUT2D eigenvalue weighted by Gasteiger charge is -2.15. The van der Waals surface area contributed by atoms with Crippen LogP contribution < -0.4 is 5.32 Å². The van der Waals surface area contributed by atoms with Gasteiger partial charge in [0.1, 0.15) is 10.6 Å². The molecule has 0 aliphatic rings. The number of aromatic nitrogens is 1. The van der Waals surface area contributed by atoms with Gasteiger partial charge in [0, 0.05) is 18.2 Å². The van der Waals surface area contributed by atoms with Gasteiger partial charge in [0.2, 0.25) is 0 Å². The first-order valence-corrected chi connectivity index (χ1v) is 8.46. The highest BCUT2D eigenvalue weighted by atomic mass is 79.9. The lowest BCUT2D eigenvalue weighted by atomic mass is 10.0. The number of amides is 1. The van der Waals surface area contributed by atoms with E-state index in [0.29, 0.717) is 15.7 Å². The van der Waals surface area contributed by atoms with Crippen LogP contribution >= 0.6 is 15.9 Å². The molecule has 0 saturated heterocycles. The first kappa shape index (κ1) is 17.1. The lowest BCUT2D eigenvalue weighted by Crippen LogP contribution is -2.42. The molecule has 126 valence electrons. The van der Waals surface area contributed by atoms with Crippen molar-refractivity contribution in [1.82, 2.24) is 10.3 Å². The molecule has 0 radical (unpaired) electrons. The second-order valence-corrected chi connectivity index (χ2v) is 6.33. The number of benzene rings is 2. The fourth-order valence-corrected chi connectivity index (χ4v) is 2.98. The van der Waals surface area contributed by atoms with Crippen molar-refractivity contribution in [2.45, 2.75) is 12.5 Å². The molecule has 0 unspecified atom stereocenters. The summed E-state index contributed by atoms with van der Waals surface area (Å²) in [5, 5.41) is 14.0. The molecule has 1 atom stereocenters. The molecule has 1 amide bonds. The number of aliphatic carboxylic acids is 1. The fourth-order valence-electron chi connectivity index (χ4n) is 2.56. The van der Waals surface area contributed by atoms with Crippen LogP contribution in [0.5, 0.6) is 0 Å². The molecule has 25 heavy (non-hydrogen) atoms. The number of nitrogens with one attached hydrogen (secondary N) is 1. The van der Waals surface area contributed by atoms with Crippen molar-refractivity contribution in [2.75, 3.05) is 0 Å². The first-order valence-electron chi connectivity index (χ1n) is 7.66. The van der Waals surface area contributed by atoms with Crippen LogP contribution in [0.3, 0.4) is 0 Å². The van der Waals surface area contributed by atoms with Crippen LogP contribution in [0.25, 0.3) is 10.8 Å². The minimum Gasteiger partial charge on any atom is -0.480 e. The summed E-state index contributed by atoms with van der Waals surface area (Å²) in [5.41, 5.74) is 1.14. The van der Waals surface area contributed by atoms with Crippen molar-refractivity contribution in [3.63, 3.8) is 0 Å². The standard InChI is InChI=1S/C19H15BrN2O3/c20-17-14(6-3-9-21-17)11-16(19(24)25)22-18(23)15-8-7-12-4-1-2-5-13(12)10-15/h1-10,16H,11H2,(H,22,23)(H,24,25)/t16-/m1/s1. The quantitative estimate of drug-likeness (QED) is 0.645. The highest BCUT2D eigenvalue weighted by molar-refractivity contribution is 9.10. The molecule has 3 aromatic rings. The van der Waals surface area contributed by atoms with Gasteiger partial charge in [-0.15, -0.1) is 0 Å². The summed E-state index contributed by atoms with van der Waals surface area (Å²) in [4.78, 5) is 28.1. The van der Waals surface area contributed by atoms with E-state index in [9.17, 15) is 14.7 Å². The maximum Gasteiger partial charge on any atom is 0.326 e. The Labute approximate surface area is 152 Å². The summed E-state index contributed by atoms with van der Waals surface area (Å²) in [6.45, 7) is 0. The Bertz CT molecular complexity index is 943. The number of carbonyl (C=O) groups is 2. The van der Waals surface area contributed by atoms with Crippen molar-refractivity contribution >= 4 is 38.6 Å². The van der Waals surface area contributed by atoms with E-state index in [0.717, 1.165) is 10.8 Å². The SMILES string of the molecule is O=C(N[C@H](Cc1cccnc1Br)C(=O)O)c1ccc2ccccc2c1. The summed E-state index contributed by atoms with van der Waals surface area (Å²) < 4.78 is 0.571. The van der Waals surface area contributed by atoms with E-state index in [1.54, 1.807) is 30.5 Å². The van der Waals surface area contributed by atoms with E-state index in [1.807, 2.05) is 30.3 Å². The molecule has 0 spiro atoms.